The molecule has 2 N–H and O–H groups in total. The fourth-order valence-corrected chi connectivity index (χ4v) is 2.42. The lowest BCUT2D eigenvalue weighted by Gasteiger charge is -2.32. The van der Waals surface area contributed by atoms with Gasteiger partial charge in [-0.25, -0.2) is 4.79 Å². The first-order valence-corrected chi connectivity index (χ1v) is 7.09. The van der Waals surface area contributed by atoms with Gasteiger partial charge in [0.2, 0.25) is 0 Å². The minimum atomic E-state index is -4.15. The number of nitrogens with zero attached hydrogens (tertiary/aromatic N) is 1. The average Bonchev–Trinajstić information content (AvgIpc) is 2.36. The van der Waals surface area contributed by atoms with Gasteiger partial charge < -0.3 is 15.3 Å². The van der Waals surface area contributed by atoms with Crippen molar-refractivity contribution in [2.75, 3.05) is 19.6 Å². The molecule has 0 bridgehead atoms. The second-order valence-corrected chi connectivity index (χ2v) is 5.36. The van der Waals surface area contributed by atoms with Gasteiger partial charge in [0, 0.05) is 32.5 Å². The van der Waals surface area contributed by atoms with E-state index in [0.29, 0.717) is 13.1 Å². The van der Waals surface area contributed by atoms with Crippen LogP contribution >= 0.6 is 0 Å². The number of unbranched alkanes of at least 4 members (excludes halogenated alkanes) is 1. The zero-order chi connectivity index (χ0) is 15.9. The van der Waals surface area contributed by atoms with Crippen molar-refractivity contribution in [1.82, 2.24) is 10.2 Å². The summed E-state index contributed by atoms with van der Waals surface area (Å²) in [6, 6.07) is -0.322. The first-order valence-electron chi connectivity index (χ1n) is 7.09. The lowest BCUT2D eigenvalue weighted by Crippen LogP contribution is -2.46. The van der Waals surface area contributed by atoms with E-state index < -0.39 is 18.6 Å². The summed E-state index contributed by atoms with van der Waals surface area (Å²) in [7, 11) is 0. The number of amides is 2. The van der Waals surface area contributed by atoms with Crippen molar-refractivity contribution in [2.45, 2.75) is 44.7 Å². The maximum Gasteiger partial charge on any atom is 0.389 e. The minimum absolute atomic E-state index is 0.00851. The normalized spacial score (nSPS) is 19.4. The van der Waals surface area contributed by atoms with Gasteiger partial charge in [-0.3, -0.25) is 4.79 Å². The summed E-state index contributed by atoms with van der Waals surface area (Å²) >= 11 is 0. The molecule has 1 atom stereocenters. The molecule has 5 nitrogen and oxygen atoms in total. The van der Waals surface area contributed by atoms with E-state index in [4.69, 9.17) is 5.11 Å². The Balaban J connectivity index is 2.21. The van der Waals surface area contributed by atoms with Crippen LogP contribution in [-0.2, 0) is 4.79 Å². The molecule has 122 valence electrons. The second-order valence-electron chi connectivity index (χ2n) is 5.36. The predicted molar refractivity (Wildman–Crippen MR) is 69.9 cm³/mol. The van der Waals surface area contributed by atoms with Crippen molar-refractivity contribution >= 4 is 12.0 Å². The number of nitrogens with one attached hydrogen (secondary N) is 1. The van der Waals surface area contributed by atoms with Crippen molar-refractivity contribution in [3.63, 3.8) is 0 Å². The van der Waals surface area contributed by atoms with Gasteiger partial charge in [0.25, 0.3) is 0 Å². The van der Waals surface area contributed by atoms with Crippen LogP contribution in [0.4, 0.5) is 18.0 Å². The minimum Gasteiger partial charge on any atom is -0.481 e. The smallest absolute Gasteiger partial charge is 0.389 e. The Morgan fingerprint density at radius 3 is 2.62 bits per heavy atom. The summed E-state index contributed by atoms with van der Waals surface area (Å²) in [5.74, 6) is -0.929. The van der Waals surface area contributed by atoms with E-state index in [1.54, 1.807) is 4.90 Å². The highest BCUT2D eigenvalue weighted by Gasteiger charge is 2.26. The first-order chi connectivity index (χ1) is 9.78. The summed E-state index contributed by atoms with van der Waals surface area (Å²) < 4.78 is 35.8. The third-order valence-corrected chi connectivity index (χ3v) is 3.43. The van der Waals surface area contributed by atoms with Crippen molar-refractivity contribution in [3.05, 3.63) is 0 Å². The maximum atomic E-state index is 11.9. The first kappa shape index (κ1) is 17.6. The van der Waals surface area contributed by atoms with E-state index in [9.17, 15) is 22.8 Å². The molecule has 1 heterocycles. The number of rotatable bonds is 6. The number of carbonyl (C=O) groups is 2. The molecule has 0 aromatic heterocycles. The lowest BCUT2D eigenvalue weighted by molar-refractivity contribution is -0.138. The molecule has 0 aliphatic carbocycles. The van der Waals surface area contributed by atoms with Crippen LogP contribution in [0.1, 0.15) is 38.5 Å². The van der Waals surface area contributed by atoms with Crippen LogP contribution in [0.15, 0.2) is 0 Å². The standard InChI is InChI=1S/C13H21F3N2O3/c14-13(15,16)5-1-2-6-17-12(21)18-7-3-4-10(9-18)8-11(19)20/h10H,1-9H2,(H,17,21)(H,19,20). The Kier molecular flexibility index (Phi) is 6.77. The summed E-state index contributed by atoms with van der Waals surface area (Å²) in [6.45, 7) is 1.15. The van der Waals surface area contributed by atoms with Gasteiger partial charge in [-0.05, 0) is 31.6 Å². The molecule has 0 saturated carbocycles. The van der Waals surface area contributed by atoms with E-state index in [2.05, 4.69) is 5.32 Å². The van der Waals surface area contributed by atoms with Gasteiger partial charge in [0.15, 0.2) is 0 Å². The topological polar surface area (TPSA) is 69.6 Å². The highest BCUT2D eigenvalue weighted by atomic mass is 19.4. The van der Waals surface area contributed by atoms with Crippen molar-refractivity contribution in [1.29, 1.82) is 0 Å². The van der Waals surface area contributed by atoms with Gasteiger partial charge in [0.1, 0.15) is 0 Å². The summed E-state index contributed by atoms with van der Waals surface area (Å²) in [5.41, 5.74) is 0. The molecule has 1 aliphatic heterocycles. The molecule has 1 saturated heterocycles. The molecular formula is C13H21F3N2O3. The summed E-state index contributed by atoms with van der Waals surface area (Å²) in [4.78, 5) is 24.0. The number of piperidine rings is 1. The van der Waals surface area contributed by atoms with E-state index in [-0.39, 0.29) is 37.8 Å². The van der Waals surface area contributed by atoms with Crippen LogP contribution in [0, 0.1) is 5.92 Å². The fourth-order valence-electron chi connectivity index (χ4n) is 2.42. The molecule has 8 heteroatoms. The van der Waals surface area contributed by atoms with Gasteiger partial charge in [-0.2, -0.15) is 13.2 Å². The third kappa shape index (κ3) is 7.77. The predicted octanol–water partition coefficient (Wildman–Crippen LogP) is 2.62. The summed E-state index contributed by atoms with van der Waals surface area (Å²) in [5, 5.41) is 11.3. The molecule has 1 rings (SSSR count). The van der Waals surface area contributed by atoms with Crippen LogP contribution in [-0.4, -0.2) is 47.8 Å². The molecule has 1 aliphatic rings. The maximum absolute atomic E-state index is 11.9. The van der Waals surface area contributed by atoms with Crippen LogP contribution in [0.2, 0.25) is 0 Å². The number of carboxylic acid groups (broad SMARTS) is 1. The molecule has 0 aromatic carbocycles. The van der Waals surface area contributed by atoms with Gasteiger partial charge >= 0.3 is 18.2 Å². The highest BCUT2D eigenvalue weighted by molar-refractivity contribution is 5.74. The summed E-state index contributed by atoms with van der Waals surface area (Å²) in [6.07, 6.45) is -3.16. The van der Waals surface area contributed by atoms with Crippen LogP contribution in [0.3, 0.4) is 0 Å². The van der Waals surface area contributed by atoms with Gasteiger partial charge in [-0.1, -0.05) is 0 Å². The molecular weight excluding hydrogens is 289 g/mol. The zero-order valence-electron chi connectivity index (χ0n) is 11.8. The van der Waals surface area contributed by atoms with Crippen LogP contribution < -0.4 is 5.32 Å². The number of carboxylic acids is 1. The number of urea groups is 1. The fraction of sp³-hybridized carbons (Fsp3) is 0.846. The van der Waals surface area contributed by atoms with Crippen LogP contribution in [0.25, 0.3) is 0 Å². The quantitative estimate of drug-likeness (QED) is 0.741. The third-order valence-electron chi connectivity index (χ3n) is 3.43. The molecule has 1 fully saturated rings. The Morgan fingerprint density at radius 1 is 1.29 bits per heavy atom. The number of hydrogen-bond donors (Lipinski definition) is 2. The second kappa shape index (κ2) is 8.09. The van der Waals surface area contributed by atoms with Crippen molar-refractivity contribution in [3.8, 4) is 0 Å². The molecule has 2 amide bonds. The molecule has 21 heavy (non-hydrogen) atoms. The van der Waals surface area contributed by atoms with Gasteiger partial charge in [-0.15, -0.1) is 0 Å². The highest BCUT2D eigenvalue weighted by Crippen LogP contribution is 2.22. The Morgan fingerprint density at radius 2 is 2.00 bits per heavy atom. The molecule has 0 spiro atoms. The molecule has 0 radical (unpaired) electrons. The number of halogens is 3. The SMILES string of the molecule is O=C(O)CC1CCCN(C(=O)NCCCCC(F)(F)F)C1. The average molecular weight is 310 g/mol. The molecule has 0 aromatic rings. The number of aliphatic carboxylic acids is 1. The number of alkyl halides is 3. The van der Waals surface area contributed by atoms with E-state index >= 15 is 0 Å². The van der Waals surface area contributed by atoms with Crippen LogP contribution in [0.5, 0.6) is 0 Å². The van der Waals surface area contributed by atoms with Crippen molar-refractivity contribution < 1.29 is 27.9 Å². The zero-order valence-corrected chi connectivity index (χ0v) is 11.8. The monoisotopic (exact) mass is 310 g/mol. The Hall–Kier alpha value is -1.47. The Labute approximate surface area is 121 Å². The van der Waals surface area contributed by atoms with E-state index in [0.717, 1.165) is 12.8 Å². The number of hydrogen-bond acceptors (Lipinski definition) is 2. The van der Waals surface area contributed by atoms with E-state index in [1.165, 1.54) is 0 Å². The van der Waals surface area contributed by atoms with E-state index in [1.807, 2.05) is 0 Å². The largest absolute Gasteiger partial charge is 0.481 e. The number of carbonyl (C=O) groups excluding carboxylic acids is 1. The van der Waals surface area contributed by atoms with Crippen molar-refractivity contribution in [2.24, 2.45) is 5.92 Å². The lowest BCUT2D eigenvalue weighted by atomic mass is 9.95. The van der Waals surface area contributed by atoms with Gasteiger partial charge in [0.05, 0.1) is 0 Å². The molecule has 1 unspecified atom stereocenters. The number of likely N-dealkylation sites (tertiary alicyclic amines) is 1. The Bertz CT molecular complexity index is 361.